The fourth-order valence-corrected chi connectivity index (χ4v) is 8.88. The number of rotatable bonds is 14. The number of nitrogens with one attached hydrogen (secondary N) is 1. The van der Waals surface area contributed by atoms with E-state index in [-0.39, 0.29) is 30.5 Å². The monoisotopic (exact) mass is 700 g/mol. The molecule has 7 nitrogen and oxygen atoms in total. The van der Waals surface area contributed by atoms with Crippen LogP contribution in [0.5, 0.6) is 0 Å². The lowest BCUT2D eigenvalue weighted by Crippen LogP contribution is -2.51. The van der Waals surface area contributed by atoms with E-state index in [0.29, 0.717) is 18.0 Å². The van der Waals surface area contributed by atoms with Gasteiger partial charge in [0.25, 0.3) is 0 Å². The first-order chi connectivity index (χ1) is 24.9. The fraction of sp³-hybridized carbons (Fsp3) is 0.524. The summed E-state index contributed by atoms with van der Waals surface area (Å²) in [5, 5.41) is 13.4. The lowest BCUT2D eigenvalue weighted by Gasteiger charge is -2.40. The molecule has 2 amide bonds. The third-order valence-electron chi connectivity index (χ3n) is 11.6. The Morgan fingerprint density at radius 1 is 0.824 bits per heavy atom. The van der Waals surface area contributed by atoms with Gasteiger partial charge in [0.1, 0.15) is 6.04 Å². The number of hydrogen-bond donors (Lipinski definition) is 2. The van der Waals surface area contributed by atoms with Gasteiger partial charge in [-0.25, -0.2) is 13.6 Å². The Kier molecular flexibility index (Phi) is 13.1. The van der Waals surface area contributed by atoms with Crippen LogP contribution >= 0.6 is 0 Å². The molecule has 9 heteroatoms. The van der Waals surface area contributed by atoms with Crippen molar-refractivity contribution >= 4 is 12.0 Å². The number of carboxylic acids is 1. The van der Waals surface area contributed by atoms with Gasteiger partial charge >= 0.3 is 12.0 Å². The zero-order valence-electron chi connectivity index (χ0n) is 29.8. The topological polar surface area (TPSA) is 76.1 Å². The molecule has 0 bridgehead atoms. The molecule has 1 saturated carbocycles. The number of aliphatic carboxylic acids is 1. The van der Waals surface area contributed by atoms with Crippen LogP contribution in [0.1, 0.15) is 80.4 Å². The summed E-state index contributed by atoms with van der Waals surface area (Å²) in [7, 11) is 0. The van der Waals surface area contributed by atoms with Crippen LogP contribution in [0.3, 0.4) is 0 Å². The fourth-order valence-electron chi connectivity index (χ4n) is 8.88. The number of aryl methyl sites for hydroxylation is 1. The number of halogens is 2. The van der Waals surface area contributed by atoms with Gasteiger partial charge < -0.3 is 20.2 Å². The number of benzene rings is 3. The highest BCUT2D eigenvalue weighted by Gasteiger charge is 2.43. The summed E-state index contributed by atoms with van der Waals surface area (Å²) in [4.78, 5) is 33.1. The van der Waals surface area contributed by atoms with E-state index >= 15 is 0 Å². The van der Waals surface area contributed by atoms with E-state index in [1.54, 1.807) is 0 Å². The molecular weight excluding hydrogens is 646 g/mol. The zero-order valence-corrected chi connectivity index (χ0v) is 29.8. The number of carbonyl (C=O) groups is 2. The summed E-state index contributed by atoms with van der Waals surface area (Å²) >= 11 is 0. The van der Waals surface area contributed by atoms with Crippen molar-refractivity contribution in [3.05, 3.63) is 107 Å². The molecule has 0 spiro atoms. The van der Waals surface area contributed by atoms with Crippen molar-refractivity contribution in [3.63, 3.8) is 0 Å². The van der Waals surface area contributed by atoms with Crippen molar-refractivity contribution in [2.45, 2.75) is 88.8 Å². The Hall–Kier alpha value is -3.82. The zero-order chi connectivity index (χ0) is 35.6. The van der Waals surface area contributed by atoms with Crippen LogP contribution in [0.25, 0.3) is 0 Å². The van der Waals surface area contributed by atoms with Crippen molar-refractivity contribution in [3.8, 4) is 0 Å². The quantitative estimate of drug-likeness (QED) is 0.169. The molecule has 0 unspecified atom stereocenters. The molecule has 3 aliphatic rings. The summed E-state index contributed by atoms with van der Waals surface area (Å²) < 4.78 is 27.3. The van der Waals surface area contributed by atoms with Crippen molar-refractivity contribution in [1.82, 2.24) is 20.0 Å². The highest BCUT2D eigenvalue weighted by atomic mass is 19.2. The summed E-state index contributed by atoms with van der Waals surface area (Å²) in [6, 6.07) is 24.2. The minimum absolute atomic E-state index is 0.0793. The molecule has 6 rings (SSSR count). The van der Waals surface area contributed by atoms with E-state index in [1.807, 2.05) is 29.2 Å². The molecule has 51 heavy (non-hydrogen) atoms. The Labute approximate surface area is 302 Å². The maximum absolute atomic E-state index is 13.9. The number of carboxylic acid groups (broad SMARTS) is 1. The normalized spacial score (nSPS) is 21.4. The molecule has 274 valence electrons. The smallest absolute Gasteiger partial charge is 0.321 e. The molecule has 3 fully saturated rings. The third-order valence-corrected chi connectivity index (χ3v) is 11.6. The van der Waals surface area contributed by atoms with Crippen LogP contribution < -0.4 is 5.32 Å². The molecule has 3 atom stereocenters. The van der Waals surface area contributed by atoms with Crippen LogP contribution in [0.15, 0.2) is 78.9 Å². The SMILES string of the molecule is O=C(O)[C@@H](C1CCCCC1)N1C[C@H](CN2CCC(N(CCCCc3ccccc3)C(=O)NCc3ccc(F)c(F)c3)CC2)[C@@H](c2ccccc2)C1. The standard InChI is InChI=1S/C42H54F2N4O3/c43-38-20-19-32(26-39(38)44)27-45-42(51)48(23-11-10-14-31-12-4-1-5-13-31)36-21-24-46(25-22-36)28-35-29-47(30-37(35)33-15-6-2-7-16-33)40(41(49)50)34-17-8-3-9-18-34/h1-2,4-7,12-13,15-16,19-20,26,34-37,40H,3,8-11,14,17-18,21-25,27-30H2,(H,45,51)(H,49,50)/t35-,37+,40+/m0/s1. The molecule has 2 heterocycles. The van der Waals surface area contributed by atoms with E-state index in [0.717, 1.165) is 103 Å². The van der Waals surface area contributed by atoms with Crippen LogP contribution in [-0.4, -0.2) is 83.2 Å². The number of unbranched alkanes of at least 4 members (excludes halogenated alkanes) is 1. The average Bonchev–Trinajstić information content (AvgIpc) is 3.56. The Morgan fingerprint density at radius 3 is 2.22 bits per heavy atom. The predicted molar refractivity (Wildman–Crippen MR) is 196 cm³/mol. The lowest BCUT2D eigenvalue weighted by molar-refractivity contribution is -0.145. The van der Waals surface area contributed by atoms with E-state index in [9.17, 15) is 23.5 Å². The summed E-state index contributed by atoms with van der Waals surface area (Å²) in [5.41, 5.74) is 3.09. The second-order valence-corrected chi connectivity index (χ2v) is 15.0. The van der Waals surface area contributed by atoms with Crippen LogP contribution in [-0.2, 0) is 17.8 Å². The van der Waals surface area contributed by atoms with Gasteiger partial charge in [0.05, 0.1) is 0 Å². The maximum atomic E-state index is 13.9. The first-order valence-corrected chi connectivity index (χ1v) is 19.1. The van der Waals surface area contributed by atoms with Gasteiger partial charge in [-0.05, 0) is 85.6 Å². The Balaban J connectivity index is 1.09. The van der Waals surface area contributed by atoms with Crippen molar-refractivity contribution in [2.24, 2.45) is 11.8 Å². The average molecular weight is 701 g/mol. The van der Waals surface area contributed by atoms with E-state index < -0.39 is 23.6 Å². The van der Waals surface area contributed by atoms with Gasteiger partial charge in [-0.2, -0.15) is 0 Å². The van der Waals surface area contributed by atoms with E-state index in [1.165, 1.54) is 23.6 Å². The second kappa shape index (κ2) is 18.1. The van der Waals surface area contributed by atoms with Gasteiger partial charge in [0, 0.05) is 57.8 Å². The van der Waals surface area contributed by atoms with Crippen molar-refractivity contribution in [2.75, 3.05) is 39.3 Å². The molecule has 2 saturated heterocycles. The van der Waals surface area contributed by atoms with Crippen molar-refractivity contribution < 1.29 is 23.5 Å². The summed E-state index contributed by atoms with van der Waals surface area (Å²) in [6.07, 6.45) is 9.93. The summed E-state index contributed by atoms with van der Waals surface area (Å²) in [6.45, 7) is 4.95. The molecule has 3 aromatic carbocycles. The molecular formula is C42H54F2N4O3. The number of carbonyl (C=O) groups excluding carboxylic acids is 1. The molecule has 0 aromatic heterocycles. The first kappa shape index (κ1) is 37.0. The van der Waals surface area contributed by atoms with Crippen LogP contribution in [0.4, 0.5) is 13.6 Å². The number of piperidine rings is 1. The summed E-state index contributed by atoms with van der Waals surface area (Å²) in [5.74, 6) is -1.68. The minimum atomic E-state index is -0.917. The van der Waals surface area contributed by atoms with Crippen LogP contribution in [0.2, 0.25) is 0 Å². The third kappa shape index (κ3) is 9.95. The number of urea groups is 1. The van der Waals surface area contributed by atoms with Crippen LogP contribution in [0, 0.1) is 23.5 Å². The Bertz CT molecular complexity index is 1550. The lowest BCUT2D eigenvalue weighted by atomic mass is 9.83. The van der Waals surface area contributed by atoms with Crippen molar-refractivity contribution in [1.29, 1.82) is 0 Å². The molecule has 2 N–H and O–H groups in total. The molecule has 3 aromatic rings. The highest BCUT2D eigenvalue weighted by molar-refractivity contribution is 5.75. The van der Waals surface area contributed by atoms with Gasteiger partial charge in [-0.15, -0.1) is 0 Å². The molecule has 1 aliphatic carbocycles. The largest absolute Gasteiger partial charge is 0.480 e. The Morgan fingerprint density at radius 2 is 1.53 bits per heavy atom. The van der Waals surface area contributed by atoms with Gasteiger partial charge in [-0.1, -0.05) is 86.0 Å². The van der Waals surface area contributed by atoms with E-state index in [4.69, 9.17) is 0 Å². The minimum Gasteiger partial charge on any atom is -0.480 e. The number of hydrogen-bond acceptors (Lipinski definition) is 4. The van der Waals surface area contributed by atoms with Gasteiger partial charge in [-0.3, -0.25) is 9.69 Å². The number of nitrogens with zero attached hydrogens (tertiary/aromatic N) is 3. The molecule has 2 aliphatic heterocycles. The highest BCUT2D eigenvalue weighted by Crippen LogP contribution is 2.38. The first-order valence-electron chi connectivity index (χ1n) is 19.1. The molecule has 0 radical (unpaired) electrons. The van der Waals surface area contributed by atoms with Gasteiger partial charge in [0.2, 0.25) is 0 Å². The number of likely N-dealkylation sites (tertiary alicyclic amines) is 2. The number of amides is 2. The van der Waals surface area contributed by atoms with E-state index in [2.05, 4.69) is 51.5 Å². The van der Waals surface area contributed by atoms with Gasteiger partial charge in [0.15, 0.2) is 11.6 Å². The maximum Gasteiger partial charge on any atom is 0.321 e. The second-order valence-electron chi connectivity index (χ2n) is 15.0. The predicted octanol–water partition coefficient (Wildman–Crippen LogP) is 7.71.